The topological polar surface area (TPSA) is 64.3 Å². The largest absolute Gasteiger partial charge is 0.380 e. The highest BCUT2D eigenvalue weighted by atomic mass is 16.5. The molecule has 0 radical (unpaired) electrons. The second-order valence-corrected chi connectivity index (χ2v) is 4.88. The summed E-state index contributed by atoms with van der Waals surface area (Å²) in [5.74, 6) is -0.394. The molecule has 0 heterocycles. The summed E-state index contributed by atoms with van der Waals surface area (Å²) >= 11 is 0. The van der Waals surface area contributed by atoms with Crippen LogP contribution in [0.4, 0.5) is 0 Å². The predicted octanol–water partition coefficient (Wildman–Crippen LogP) is 2.22. The van der Waals surface area contributed by atoms with E-state index < -0.39 is 5.91 Å². The number of carbonyl (C=O) groups is 1. The number of ether oxygens (including phenoxy) is 1. The average Bonchev–Trinajstić information content (AvgIpc) is 2.48. The molecule has 0 atom stereocenters. The van der Waals surface area contributed by atoms with Crippen LogP contribution in [0.3, 0.4) is 0 Å². The maximum absolute atomic E-state index is 11.4. The Bertz CT molecular complexity index is 611. The van der Waals surface area contributed by atoms with Crippen LogP contribution in [0, 0.1) is 0 Å². The van der Waals surface area contributed by atoms with Crippen molar-refractivity contribution in [2.75, 3.05) is 7.11 Å². The molecular weight excluding hydrogens is 264 g/mol. The van der Waals surface area contributed by atoms with Crippen molar-refractivity contribution < 1.29 is 9.53 Å². The fourth-order valence-electron chi connectivity index (χ4n) is 2.25. The molecule has 0 saturated carbocycles. The third kappa shape index (κ3) is 4.41. The molecule has 0 aromatic heterocycles. The van der Waals surface area contributed by atoms with E-state index in [1.165, 1.54) is 5.56 Å². The molecule has 0 fully saturated rings. The molecule has 0 saturated heterocycles. The van der Waals surface area contributed by atoms with Crippen molar-refractivity contribution >= 4 is 5.91 Å². The molecule has 2 rings (SSSR count). The Labute approximate surface area is 124 Å². The van der Waals surface area contributed by atoms with Gasteiger partial charge in [-0.05, 0) is 22.8 Å². The first-order chi connectivity index (χ1) is 10.2. The first kappa shape index (κ1) is 15.2. The number of hydrogen-bond acceptors (Lipinski definition) is 3. The number of methoxy groups -OCH3 is 1. The summed E-state index contributed by atoms with van der Waals surface area (Å²) in [6.45, 7) is 1.94. The third-order valence-electron chi connectivity index (χ3n) is 3.23. The predicted molar refractivity (Wildman–Crippen MR) is 82.7 cm³/mol. The molecule has 21 heavy (non-hydrogen) atoms. The highest BCUT2D eigenvalue weighted by Gasteiger charge is 2.06. The van der Waals surface area contributed by atoms with Gasteiger partial charge >= 0.3 is 0 Å². The van der Waals surface area contributed by atoms with E-state index in [-0.39, 0.29) is 0 Å². The smallest absolute Gasteiger partial charge is 0.249 e. The van der Waals surface area contributed by atoms with E-state index in [0.717, 1.165) is 17.7 Å². The van der Waals surface area contributed by atoms with Crippen LogP contribution in [0.1, 0.15) is 27.0 Å². The molecule has 2 aromatic carbocycles. The van der Waals surface area contributed by atoms with E-state index in [2.05, 4.69) is 17.4 Å². The molecule has 0 aliphatic heterocycles. The number of primary amides is 1. The van der Waals surface area contributed by atoms with Gasteiger partial charge in [-0.3, -0.25) is 4.79 Å². The molecule has 110 valence electrons. The van der Waals surface area contributed by atoms with Gasteiger partial charge in [-0.25, -0.2) is 0 Å². The molecule has 4 nitrogen and oxygen atoms in total. The maximum Gasteiger partial charge on any atom is 0.249 e. The highest BCUT2D eigenvalue weighted by Crippen LogP contribution is 2.09. The molecule has 2 aromatic rings. The summed E-state index contributed by atoms with van der Waals surface area (Å²) in [5.41, 5.74) is 9.18. The normalized spacial score (nSPS) is 10.5. The lowest BCUT2D eigenvalue weighted by molar-refractivity contribution is 0.0999. The summed E-state index contributed by atoms with van der Waals surface area (Å²) in [6.07, 6.45) is 0. The number of amides is 1. The Morgan fingerprint density at radius 3 is 2.62 bits per heavy atom. The van der Waals surface area contributed by atoms with E-state index in [1.807, 2.05) is 30.3 Å². The lowest BCUT2D eigenvalue weighted by Gasteiger charge is -2.09. The number of benzene rings is 2. The molecule has 0 unspecified atom stereocenters. The van der Waals surface area contributed by atoms with Gasteiger partial charge in [0.1, 0.15) is 0 Å². The van der Waals surface area contributed by atoms with Crippen molar-refractivity contribution in [3.63, 3.8) is 0 Å². The van der Waals surface area contributed by atoms with Crippen LogP contribution in [0.2, 0.25) is 0 Å². The Morgan fingerprint density at radius 2 is 1.86 bits per heavy atom. The Balaban J connectivity index is 1.95. The van der Waals surface area contributed by atoms with Gasteiger partial charge in [0.15, 0.2) is 0 Å². The third-order valence-corrected chi connectivity index (χ3v) is 3.23. The molecule has 4 heteroatoms. The zero-order valence-corrected chi connectivity index (χ0v) is 12.1. The minimum Gasteiger partial charge on any atom is -0.380 e. The van der Waals surface area contributed by atoms with Gasteiger partial charge in [-0.15, -0.1) is 0 Å². The number of rotatable bonds is 7. The van der Waals surface area contributed by atoms with Crippen LogP contribution in [-0.2, 0) is 24.4 Å². The minimum absolute atomic E-state index is 0.394. The lowest BCUT2D eigenvalue weighted by Crippen LogP contribution is -2.18. The fourth-order valence-corrected chi connectivity index (χ4v) is 2.25. The summed E-state index contributed by atoms with van der Waals surface area (Å²) in [4.78, 5) is 11.4. The fraction of sp³-hybridized carbons (Fsp3) is 0.235. The Kier molecular flexibility index (Phi) is 5.49. The molecule has 0 aliphatic carbocycles. The quantitative estimate of drug-likeness (QED) is 0.819. The monoisotopic (exact) mass is 284 g/mol. The number of hydrogen-bond donors (Lipinski definition) is 2. The maximum atomic E-state index is 11.4. The summed E-state index contributed by atoms with van der Waals surface area (Å²) in [7, 11) is 1.69. The molecule has 1 amide bonds. The zero-order chi connectivity index (χ0) is 15.1. The minimum atomic E-state index is -0.394. The van der Waals surface area contributed by atoms with Crippen molar-refractivity contribution in [3.8, 4) is 0 Å². The van der Waals surface area contributed by atoms with Gasteiger partial charge in [0.05, 0.1) is 6.61 Å². The van der Waals surface area contributed by atoms with E-state index in [1.54, 1.807) is 13.2 Å². The SMILES string of the molecule is COCc1cccc(CNCc2ccccc2C(N)=O)c1. The van der Waals surface area contributed by atoms with E-state index in [9.17, 15) is 4.79 Å². The summed E-state index contributed by atoms with van der Waals surface area (Å²) < 4.78 is 5.13. The molecule has 0 spiro atoms. The van der Waals surface area contributed by atoms with Crippen molar-refractivity contribution in [3.05, 3.63) is 70.8 Å². The van der Waals surface area contributed by atoms with Crippen molar-refractivity contribution in [1.29, 1.82) is 0 Å². The Morgan fingerprint density at radius 1 is 1.10 bits per heavy atom. The van der Waals surface area contributed by atoms with Crippen molar-refractivity contribution in [2.45, 2.75) is 19.7 Å². The van der Waals surface area contributed by atoms with Crippen molar-refractivity contribution in [2.24, 2.45) is 5.73 Å². The number of nitrogens with two attached hydrogens (primary N) is 1. The van der Waals surface area contributed by atoms with Crippen LogP contribution in [-0.4, -0.2) is 13.0 Å². The van der Waals surface area contributed by atoms with Gasteiger partial charge in [0.25, 0.3) is 0 Å². The Hall–Kier alpha value is -2.17. The van der Waals surface area contributed by atoms with E-state index in [0.29, 0.717) is 18.7 Å². The van der Waals surface area contributed by atoms with Gasteiger partial charge in [-0.1, -0.05) is 42.5 Å². The van der Waals surface area contributed by atoms with Crippen LogP contribution < -0.4 is 11.1 Å². The average molecular weight is 284 g/mol. The van der Waals surface area contributed by atoms with E-state index in [4.69, 9.17) is 10.5 Å². The molecule has 0 aliphatic rings. The standard InChI is InChI=1S/C17H20N2O2/c1-21-12-14-6-4-5-13(9-14)10-19-11-15-7-2-3-8-16(15)17(18)20/h2-9,19H,10-12H2,1H3,(H2,18,20). The first-order valence-corrected chi connectivity index (χ1v) is 6.86. The molecule has 3 N–H and O–H groups in total. The second kappa shape index (κ2) is 7.57. The molecule has 0 bridgehead atoms. The summed E-state index contributed by atoms with van der Waals surface area (Å²) in [5, 5.41) is 3.33. The van der Waals surface area contributed by atoms with Gasteiger partial charge in [0, 0.05) is 25.8 Å². The van der Waals surface area contributed by atoms with Gasteiger partial charge in [0.2, 0.25) is 5.91 Å². The van der Waals surface area contributed by atoms with Crippen LogP contribution in [0.15, 0.2) is 48.5 Å². The lowest BCUT2D eigenvalue weighted by atomic mass is 10.1. The summed E-state index contributed by atoms with van der Waals surface area (Å²) in [6, 6.07) is 15.6. The second-order valence-electron chi connectivity index (χ2n) is 4.88. The number of carbonyl (C=O) groups excluding carboxylic acids is 1. The van der Waals surface area contributed by atoms with E-state index >= 15 is 0 Å². The highest BCUT2D eigenvalue weighted by molar-refractivity contribution is 5.94. The van der Waals surface area contributed by atoms with Crippen LogP contribution in [0.5, 0.6) is 0 Å². The van der Waals surface area contributed by atoms with Crippen LogP contribution in [0.25, 0.3) is 0 Å². The molecular formula is C17H20N2O2. The van der Waals surface area contributed by atoms with Crippen molar-refractivity contribution in [1.82, 2.24) is 5.32 Å². The first-order valence-electron chi connectivity index (χ1n) is 6.86. The zero-order valence-electron chi connectivity index (χ0n) is 12.1. The van der Waals surface area contributed by atoms with Crippen LogP contribution >= 0.6 is 0 Å². The van der Waals surface area contributed by atoms with Gasteiger partial charge < -0.3 is 15.8 Å². The van der Waals surface area contributed by atoms with Gasteiger partial charge in [-0.2, -0.15) is 0 Å². The number of nitrogens with one attached hydrogen (secondary N) is 1.